The van der Waals surface area contributed by atoms with Crippen molar-refractivity contribution in [2.24, 2.45) is 0 Å². The van der Waals surface area contributed by atoms with Gasteiger partial charge in [-0.15, -0.1) is 0 Å². The van der Waals surface area contributed by atoms with Crippen molar-refractivity contribution in [1.29, 1.82) is 0 Å². The van der Waals surface area contributed by atoms with E-state index in [4.69, 9.17) is 4.42 Å². The van der Waals surface area contributed by atoms with E-state index >= 15 is 0 Å². The summed E-state index contributed by atoms with van der Waals surface area (Å²) in [5, 5.41) is 2.57. The molecule has 0 atom stereocenters. The summed E-state index contributed by atoms with van der Waals surface area (Å²) in [5.41, 5.74) is 1.49. The summed E-state index contributed by atoms with van der Waals surface area (Å²) in [6, 6.07) is 10.6. The lowest BCUT2D eigenvalue weighted by Gasteiger charge is -2.15. The first kappa shape index (κ1) is 21.0. The molecule has 2 rings (SSSR count). The highest BCUT2D eigenvalue weighted by atomic mass is 16.5. The van der Waals surface area contributed by atoms with Gasteiger partial charge in [0.05, 0.1) is 13.5 Å². The van der Waals surface area contributed by atoms with Crippen LogP contribution in [-0.4, -0.2) is 43.9 Å². The number of nitrogens with one attached hydrogen (secondary N) is 1. The predicted molar refractivity (Wildman–Crippen MR) is 104 cm³/mol. The number of aryl methyl sites for hydroxylation is 1. The molecule has 7 nitrogen and oxygen atoms in total. The molecule has 0 unspecified atom stereocenters. The summed E-state index contributed by atoms with van der Waals surface area (Å²) < 4.78 is 10.2. The van der Waals surface area contributed by atoms with Crippen molar-refractivity contribution >= 4 is 23.9 Å². The summed E-state index contributed by atoms with van der Waals surface area (Å²) in [4.78, 5) is 36.5. The molecule has 148 valence electrons. The van der Waals surface area contributed by atoms with Gasteiger partial charge in [-0.2, -0.15) is 0 Å². The largest absolute Gasteiger partial charge is 0.469 e. The molecule has 1 heterocycles. The van der Waals surface area contributed by atoms with Crippen LogP contribution in [0.5, 0.6) is 0 Å². The zero-order chi connectivity index (χ0) is 20.5. The van der Waals surface area contributed by atoms with Gasteiger partial charge in [0.15, 0.2) is 0 Å². The highest BCUT2D eigenvalue weighted by Gasteiger charge is 2.09. The normalized spacial score (nSPS) is 10.7. The minimum atomic E-state index is -0.298. The van der Waals surface area contributed by atoms with E-state index in [9.17, 15) is 14.4 Å². The molecule has 0 fully saturated rings. The van der Waals surface area contributed by atoms with Gasteiger partial charge in [-0.1, -0.05) is 12.1 Å². The van der Waals surface area contributed by atoms with Crippen LogP contribution in [0.15, 0.2) is 46.9 Å². The molecular weight excluding hydrogens is 360 g/mol. The Balaban J connectivity index is 1.88. The van der Waals surface area contributed by atoms with Crippen LogP contribution in [0, 0.1) is 0 Å². The maximum absolute atomic E-state index is 12.3. The molecule has 1 aromatic carbocycles. The summed E-state index contributed by atoms with van der Waals surface area (Å²) in [6.45, 7) is 0.416. The van der Waals surface area contributed by atoms with Crippen LogP contribution >= 0.6 is 0 Å². The van der Waals surface area contributed by atoms with Gasteiger partial charge in [0.1, 0.15) is 11.5 Å². The van der Waals surface area contributed by atoms with Crippen LogP contribution < -0.4 is 5.32 Å². The second-order valence-corrected chi connectivity index (χ2v) is 6.18. The number of hydrogen-bond acceptors (Lipinski definition) is 5. The monoisotopic (exact) mass is 384 g/mol. The standard InChI is InChI=1S/C21H24N2O5/c1-22-21(26)16-6-4-15(5-7-16)14-23(2)19(24)12-10-17-8-9-18(28-17)11-13-20(25)27-3/h4-10,12H,11,13-14H2,1-3H3,(H,22,26)/b12-10+. The summed E-state index contributed by atoms with van der Waals surface area (Å²) in [5.74, 6) is 0.568. The van der Waals surface area contributed by atoms with Crippen LogP contribution in [0.25, 0.3) is 6.08 Å². The first-order valence-corrected chi connectivity index (χ1v) is 8.82. The minimum absolute atomic E-state index is 0.150. The Kier molecular flexibility index (Phi) is 7.56. The second kappa shape index (κ2) is 10.1. The number of carbonyl (C=O) groups is 3. The van der Waals surface area contributed by atoms with Crippen LogP contribution in [0.3, 0.4) is 0 Å². The lowest BCUT2D eigenvalue weighted by molar-refractivity contribution is -0.140. The highest BCUT2D eigenvalue weighted by molar-refractivity contribution is 5.94. The van der Waals surface area contributed by atoms with E-state index in [1.807, 2.05) is 12.1 Å². The van der Waals surface area contributed by atoms with E-state index < -0.39 is 0 Å². The van der Waals surface area contributed by atoms with Crippen LogP contribution in [-0.2, 0) is 27.3 Å². The number of hydrogen-bond donors (Lipinski definition) is 1. The predicted octanol–water partition coefficient (Wildman–Crippen LogP) is 2.42. The van der Waals surface area contributed by atoms with Gasteiger partial charge in [0.2, 0.25) is 5.91 Å². The summed E-state index contributed by atoms with van der Waals surface area (Å²) in [6.07, 6.45) is 3.71. The number of ether oxygens (including phenoxy) is 1. The summed E-state index contributed by atoms with van der Waals surface area (Å²) in [7, 11) is 4.62. The van der Waals surface area contributed by atoms with E-state index in [0.29, 0.717) is 30.0 Å². The first-order chi connectivity index (χ1) is 13.4. The molecule has 28 heavy (non-hydrogen) atoms. The van der Waals surface area contributed by atoms with Crippen molar-refractivity contribution in [1.82, 2.24) is 10.2 Å². The average Bonchev–Trinajstić information content (AvgIpc) is 3.17. The maximum atomic E-state index is 12.3. The Morgan fingerprint density at radius 3 is 2.50 bits per heavy atom. The van der Waals surface area contributed by atoms with Gasteiger partial charge in [0, 0.05) is 38.7 Å². The number of likely N-dealkylation sites (N-methyl/N-ethyl adjacent to an activating group) is 1. The highest BCUT2D eigenvalue weighted by Crippen LogP contribution is 2.13. The van der Waals surface area contributed by atoms with E-state index in [2.05, 4.69) is 10.1 Å². The smallest absolute Gasteiger partial charge is 0.305 e. The Bertz CT molecular complexity index is 852. The van der Waals surface area contributed by atoms with Crippen LogP contribution in [0.2, 0.25) is 0 Å². The van der Waals surface area contributed by atoms with E-state index in [0.717, 1.165) is 5.56 Å². The van der Waals surface area contributed by atoms with Gasteiger partial charge in [-0.25, -0.2) is 0 Å². The number of carbonyl (C=O) groups excluding carboxylic acids is 3. The van der Waals surface area contributed by atoms with E-state index in [-0.39, 0.29) is 24.2 Å². The quantitative estimate of drug-likeness (QED) is 0.558. The van der Waals surface area contributed by atoms with Gasteiger partial charge in [-0.3, -0.25) is 14.4 Å². The lowest BCUT2D eigenvalue weighted by Crippen LogP contribution is -2.24. The molecule has 0 radical (unpaired) electrons. The van der Waals surface area contributed by atoms with E-state index in [1.54, 1.807) is 49.3 Å². The van der Waals surface area contributed by atoms with Gasteiger partial charge >= 0.3 is 5.97 Å². The van der Waals surface area contributed by atoms with Crippen molar-refractivity contribution in [3.05, 3.63) is 65.1 Å². The number of amides is 2. The third-order valence-electron chi connectivity index (χ3n) is 4.11. The Morgan fingerprint density at radius 1 is 1.14 bits per heavy atom. The first-order valence-electron chi connectivity index (χ1n) is 8.82. The molecule has 0 aliphatic heterocycles. The van der Waals surface area contributed by atoms with Crippen molar-refractivity contribution < 1.29 is 23.5 Å². The molecule has 0 saturated heterocycles. The Morgan fingerprint density at radius 2 is 1.86 bits per heavy atom. The van der Waals surface area contributed by atoms with Crippen molar-refractivity contribution in [3.63, 3.8) is 0 Å². The number of methoxy groups -OCH3 is 1. The second-order valence-electron chi connectivity index (χ2n) is 6.18. The van der Waals surface area contributed by atoms with Gasteiger partial charge in [-0.05, 0) is 35.9 Å². The maximum Gasteiger partial charge on any atom is 0.305 e. The molecule has 7 heteroatoms. The third kappa shape index (κ3) is 6.12. The third-order valence-corrected chi connectivity index (χ3v) is 4.11. The topological polar surface area (TPSA) is 88.9 Å². The van der Waals surface area contributed by atoms with Crippen molar-refractivity contribution in [2.75, 3.05) is 21.2 Å². The molecule has 1 aromatic heterocycles. The Hall–Kier alpha value is -3.35. The zero-order valence-corrected chi connectivity index (χ0v) is 16.2. The lowest BCUT2D eigenvalue weighted by atomic mass is 10.1. The minimum Gasteiger partial charge on any atom is -0.469 e. The fourth-order valence-electron chi connectivity index (χ4n) is 2.48. The molecule has 2 aromatic rings. The number of esters is 1. The molecule has 0 bridgehead atoms. The Labute approximate surface area is 164 Å². The number of rotatable bonds is 8. The molecule has 2 amide bonds. The number of benzene rings is 1. The van der Waals surface area contributed by atoms with Crippen molar-refractivity contribution in [2.45, 2.75) is 19.4 Å². The van der Waals surface area contributed by atoms with Gasteiger partial charge in [0.25, 0.3) is 5.91 Å². The molecule has 1 N–H and O–H groups in total. The fourth-order valence-corrected chi connectivity index (χ4v) is 2.48. The number of furan rings is 1. The molecule has 0 spiro atoms. The average molecular weight is 384 g/mol. The molecule has 0 aliphatic rings. The van der Waals surface area contributed by atoms with Crippen LogP contribution in [0.4, 0.5) is 0 Å². The SMILES string of the molecule is CNC(=O)c1ccc(CN(C)C(=O)/C=C/c2ccc(CCC(=O)OC)o2)cc1. The zero-order valence-electron chi connectivity index (χ0n) is 16.2. The summed E-state index contributed by atoms with van der Waals surface area (Å²) >= 11 is 0. The molecule has 0 aliphatic carbocycles. The fraction of sp³-hybridized carbons (Fsp3) is 0.286. The van der Waals surface area contributed by atoms with Crippen molar-refractivity contribution in [3.8, 4) is 0 Å². The molecular formula is C21H24N2O5. The molecule has 0 saturated carbocycles. The van der Waals surface area contributed by atoms with Crippen LogP contribution in [0.1, 0.15) is 33.9 Å². The van der Waals surface area contributed by atoms with E-state index in [1.165, 1.54) is 13.2 Å². The number of nitrogens with zero attached hydrogens (tertiary/aromatic N) is 1. The van der Waals surface area contributed by atoms with Gasteiger partial charge < -0.3 is 19.4 Å².